The quantitative estimate of drug-likeness (QED) is 0.578. The first kappa shape index (κ1) is 20.6. The summed E-state index contributed by atoms with van der Waals surface area (Å²) in [6.07, 6.45) is 2.22. The fraction of sp³-hybridized carbons (Fsp3) is 0.217. The molecule has 10 heteroatoms. The predicted molar refractivity (Wildman–Crippen MR) is 116 cm³/mol. The number of hydrogen-bond acceptors (Lipinski definition) is 6. The van der Waals surface area contributed by atoms with Crippen molar-refractivity contribution in [2.24, 2.45) is 5.73 Å². The summed E-state index contributed by atoms with van der Waals surface area (Å²) in [7, 11) is 0. The lowest BCUT2D eigenvalue weighted by Gasteiger charge is -2.29. The fourth-order valence-corrected chi connectivity index (χ4v) is 4.34. The molecule has 0 spiro atoms. The van der Waals surface area contributed by atoms with Crippen LogP contribution in [0.2, 0.25) is 0 Å². The van der Waals surface area contributed by atoms with Crippen molar-refractivity contribution in [3.05, 3.63) is 64.8 Å². The van der Waals surface area contributed by atoms with E-state index in [1.165, 1.54) is 4.90 Å². The summed E-state index contributed by atoms with van der Waals surface area (Å²) in [6, 6.07) is 9.73. The van der Waals surface area contributed by atoms with Crippen molar-refractivity contribution < 1.29 is 19.2 Å². The number of hydrogen-bond donors (Lipinski definition) is 2. The molecular weight excluding hydrogens is 424 g/mol. The summed E-state index contributed by atoms with van der Waals surface area (Å²) < 4.78 is 1.56. The first-order valence-corrected chi connectivity index (χ1v) is 10.4. The van der Waals surface area contributed by atoms with Crippen LogP contribution < -0.4 is 11.1 Å². The van der Waals surface area contributed by atoms with Gasteiger partial charge in [0.15, 0.2) is 0 Å². The van der Waals surface area contributed by atoms with Crippen molar-refractivity contribution in [1.82, 2.24) is 25.2 Å². The Balaban J connectivity index is 1.49. The van der Waals surface area contributed by atoms with Crippen LogP contribution in [-0.4, -0.2) is 49.6 Å². The van der Waals surface area contributed by atoms with Gasteiger partial charge in [0, 0.05) is 29.7 Å². The van der Waals surface area contributed by atoms with E-state index >= 15 is 0 Å². The van der Waals surface area contributed by atoms with Gasteiger partial charge in [0.25, 0.3) is 5.91 Å². The van der Waals surface area contributed by atoms with E-state index in [0.29, 0.717) is 28.9 Å². The molecule has 4 amide bonds. The number of piperidine rings is 1. The minimum Gasteiger partial charge on any atom is -0.366 e. The summed E-state index contributed by atoms with van der Waals surface area (Å²) in [4.78, 5) is 50.0. The second kappa shape index (κ2) is 7.66. The van der Waals surface area contributed by atoms with Crippen LogP contribution in [0.5, 0.6) is 0 Å². The molecule has 1 saturated heterocycles. The number of rotatable bonds is 4. The molecule has 0 bridgehead atoms. The molecule has 1 fully saturated rings. The van der Waals surface area contributed by atoms with Gasteiger partial charge in [-0.25, -0.2) is 4.68 Å². The number of benzene rings is 2. The zero-order valence-electron chi connectivity index (χ0n) is 17.7. The number of fused-ring (bicyclic) bond motifs is 1. The molecule has 2 aliphatic rings. The predicted octanol–water partition coefficient (Wildman–Crippen LogP) is 1.10. The third kappa shape index (κ3) is 3.45. The zero-order valence-corrected chi connectivity index (χ0v) is 17.7. The molecule has 10 nitrogen and oxygen atoms in total. The number of nitrogens with two attached hydrogens (primary N) is 1. The molecule has 3 aromatic rings. The number of nitrogens with one attached hydrogen (secondary N) is 1. The van der Waals surface area contributed by atoms with E-state index in [-0.39, 0.29) is 24.8 Å². The minimum atomic E-state index is -0.690. The molecule has 2 aliphatic heterocycles. The Morgan fingerprint density at radius 1 is 1.15 bits per heavy atom. The third-order valence-electron chi connectivity index (χ3n) is 6.09. The van der Waals surface area contributed by atoms with Crippen molar-refractivity contribution in [3.63, 3.8) is 0 Å². The number of imide groups is 1. The molecule has 3 heterocycles. The van der Waals surface area contributed by atoms with Crippen LogP contribution in [0.4, 0.5) is 0 Å². The topological polar surface area (TPSA) is 140 Å². The summed E-state index contributed by atoms with van der Waals surface area (Å²) in [5, 5.41) is 10.8. The van der Waals surface area contributed by atoms with E-state index in [4.69, 9.17) is 5.73 Å². The Hall–Kier alpha value is -4.34. The van der Waals surface area contributed by atoms with Gasteiger partial charge in [-0.05, 0) is 42.7 Å². The first-order chi connectivity index (χ1) is 15.8. The molecule has 33 heavy (non-hydrogen) atoms. The number of nitrogens with zero attached hydrogens (tertiary/aromatic N) is 4. The van der Waals surface area contributed by atoms with E-state index in [2.05, 4.69) is 15.6 Å². The molecule has 1 aromatic heterocycles. The Bertz CT molecular complexity index is 1340. The highest BCUT2D eigenvalue weighted by Gasteiger charge is 2.40. The SMILES string of the molecule is Cc1ccc(C(N)=O)cc1-n1cc(-c2cccc3c2CN(C2CCC(=O)NC2=O)C3=O)nn1. The molecule has 1 atom stereocenters. The minimum absolute atomic E-state index is 0.196. The van der Waals surface area contributed by atoms with E-state index in [0.717, 1.165) is 16.7 Å². The highest BCUT2D eigenvalue weighted by atomic mass is 16.2. The monoisotopic (exact) mass is 444 g/mol. The lowest BCUT2D eigenvalue weighted by molar-refractivity contribution is -0.136. The van der Waals surface area contributed by atoms with Gasteiger partial charge in [0.2, 0.25) is 17.7 Å². The number of amides is 4. The van der Waals surface area contributed by atoms with Crippen LogP contribution in [0.3, 0.4) is 0 Å². The van der Waals surface area contributed by atoms with E-state index in [9.17, 15) is 19.2 Å². The number of carbonyl (C=O) groups excluding carboxylic acids is 4. The number of carbonyl (C=O) groups is 4. The number of primary amides is 1. The molecule has 0 aliphatic carbocycles. The highest BCUT2D eigenvalue weighted by Crippen LogP contribution is 2.34. The molecular formula is C23H20N6O4. The Morgan fingerprint density at radius 3 is 2.70 bits per heavy atom. The fourth-order valence-electron chi connectivity index (χ4n) is 4.34. The number of aromatic nitrogens is 3. The summed E-state index contributed by atoms with van der Waals surface area (Å²) in [5.41, 5.74) is 9.84. The van der Waals surface area contributed by atoms with Gasteiger partial charge in [-0.2, -0.15) is 0 Å². The molecule has 166 valence electrons. The van der Waals surface area contributed by atoms with Crippen molar-refractivity contribution in [2.75, 3.05) is 0 Å². The lowest BCUT2D eigenvalue weighted by atomic mass is 10.0. The smallest absolute Gasteiger partial charge is 0.255 e. The van der Waals surface area contributed by atoms with E-state index < -0.39 is 17.9 Å². The Kier molecular flexibility index (Phi) is 4.77. The maximum Gasteiger partial charge on any atom is 0.255 e. The van der Waals surface area contributed by atoms with Crippen LogP contribution in [0.1, 0.15) is 44.7 Å². The lowest BCUT2D eigenvalue weighted by Crippen LogP contribution is -2.52. The van der Waals surface area contributed by atoms with Crippen LogP contribution in [0.15, 0.2) is 42.6 Å². The average molecular weight is 444 g/mol. The summed E-state index contributed by atoms with van der Waals surface area (Å²) in [5.74, 6) is -1.57. The van der Waals surface area contributed by atoms with Gasteiger partial charge < -0.3 is 10.6 Å². The van der Waals surface area contributed by atoms with Crippen molar-refractivity contribution >= 4 is 23.6 Å². The zero-order chi connectivity index (χ0) is 23.3. The standard InChI is InChI=1S/C23H20N6O4/c1-12-5-6-13(21(24)31)9-19(12)29-11-17(26-27-29)14-3-2-4-15-16(14)10-28(23(15)33)18-7-8-20(30)25-22(18)32/h2-6,9,11,18H,7-8,10H2,1H3,(H2,24,31)(H,25,30,32). The van der Waals surface area contributed by atoms with E-state index in [1.54, 1.807) is 41.2 Å². The molecule has 0 saturated carbocycles. The van der Waals surface area contributed by atoms with Crippen molar-refractivity contribution in [3.8, 4) is 16.9 Å². The molecule has 5 rings (SSSR count). The highest BCUT2D eigenvalue weighted by molar-refractivity contribution is 6.06. The van der Waals surface area contributed by atoms with Gasteiger partial charge in [-0.1, -0.05) is 23.4 Å². The molecule has 1 unspecified atom stereocenters. The summed E-state index contributed by atoms with van der Waals surface area (Å²) >= 11 is 0. The molecule has 3 N–H and O–H groups in total. The Labute approximate surface area is 188 Å². The van der Waals surface area contributed by atoms with Gasteiger partial charge in [-0.15, -0.1) is 5.10 Å². The molecule has 2 aromatic carbocycles. The third-order valence-corrected chi connectivity index (χ3v) is 6.09. The van der Waals surface area contributed by atoms with Gasteiger partial charge in [0.1, 0.15) is 11.7 Å². The summed E-state index contributed by atoms with van der Waals surface area (Å²) in [6.45, 7) is 2.12. The van der Waals surface area contributed by atoms with Crippen LogP contribution in [0.25, 0.3) is 16.9 Å². The van der Waals surface area contributed by atoms with Gasteiger partial charge in [-0.3, -0.25) is 24.5 Å². The number of aryl methyl sites for hydroxylation is 1. The van der Waals surface area contributed by atoms with Crippen molar-refractivity contribution in [2.45, 2.75) is 32.4 Å². The molecule has 0 radical (unpaired) electrons. The maximum atomic E-state index is 13.1. The van der Waals surface area contributed by atoms with Crippen LogP contribution in [0, 0.1) is 6.92 Å². The Morgan fingerprint density at radius 2 is 1.94 bits per heavy atom. The largest absolute Gasteiger partial charge is 0.366 e. The second-order valence-corrected chi connectivity index (χ2v) is 8.15. The van der Waals surface area contributed by atoms with Crippen LogP contribution in [-0.2, 0) is 16.1 Å². The normalized spacial score (nSPS) is 17.8. The van der Waals surface area contributed by atoms with Crippen molar-refractivity contribution in [1.29, 1.82) is 0 Å². The van der Waals surface area contributed by atoms with E-state index in [1.807, 2.05) is 13.0 Å². The van der Waals surface area contributed by atoms with Gasteiger partial charge in [0.05, 0.1) is 11.9 Å². The second-order valence-electron chi connectivity index (χ2n) is 8.15. The first-order valence-electron chi connectivity index (χ1n) is 10.4. The average Bonchev–Trinajstić information content (AvgIpc) is 3.39. The maximum absolute atomic E-state index is 13.1. The van der Waals surface area contributed by atoms with Gasteiger partial charge >= 0.3 is 0 Å². The van der Waals surface area contributed by atoms with Crippen LogP contribution >= 0.6 is 0 Å².